The van der Waals surface area contributed by atoms with Crippen LogP contribution in [-0.2, 0) is 11.2 Å². The number of carbonyl (C=O) groups is 2. The van der Waals surface area contributed by atoms with Gasteiger partial charge in [0, 0.05) is 17.7 Å². The molecule has 192 valence electrons. The van der Waals surface area contributed by atoms with Gasteiger partial charge in [-0.25, -0.2) is 15.2 Å². The average molecular weight is 533 g/mol. The molecule has 0 radical (unpaired) electrons. The SMILES string of the molecule is CCCCNNC=Nc1ccc(C(=O)Oc2ccc3cc(C(=N)N)ccc3c2CC(N)=O)cc1.Cl.Cl. The molecule has 7 N–H and O–H groups in total. The number of hydrogen-bond donors (Lipinski definition) is 5. The Balaban J connectivity index is 0.00000324. The van der Waals surface area contributed by atoms with E-state index in [1.165, 1.54) is 0 Å². The minimum atomic E-state index is -0.569. The van der Waals surface area contributed by atoms with Crippen molar-refractivity contribution >= 4 is 65.3 Å². The molecule has 0 saturated carbocycles. The highest BCUT2D eigenvalue weighted by atomic mass is 35.5. The lowest BCUT2D eigenvalue weighted by atomic mass is 9.98. The summed E-state index contributed by atoms with van der Waals surface area (Å²) in [4.78, 5) is 28.7. The van der Waals surface area contributed by atoms with Gasteiger partial charge in [0.05, 0.1) is 17.7 Å². The number of amidine groups is 1. The normalized spacial score (nSPS) is 10.4. The number of amides is 1. The van der Waals surface area contributed by atoms with Crippen LogP contribution >= 0.6 is 24.8 Å². The summed E-state index contributed by atoms with van der Waals surface area (Å²) in [6.07, 6.45) is 3.61. The highest BCUT2D eigenvalue weighted by molar-refractivity contribution is 6.01. The van der Waals surface area contributed by atoms with Gasteiger partial charge in [0.2, 0.25) is 5.91 Å². The zero-order valence-corrected chi connectivity index (χ0v) is 21.4. The molecule has 0 unspecified atom stereocenters. The Morgan fingerprint density at radius 1 is 1.03 bits per heavy atom. The van der Waals surface area contributed by atoms with Crippen molar-refractivity contribution in [3.8, 4) is 5.75 Å². The number of halogens is 2. The second-order valence-corrected chi connectivity index (χ2v) is 7.65. The van der Waals surface area contributed by atoms with Crippen LogP contribution < -0.4 is 27.1 Å². The molecular formula is C25H30Cl2N6O3. The molecule has 11 heteroatoms. The van der Waals surface area contributed by atoms with Gasteiger partial charge in [0.1, 0.15) is 17.9 Å². The van der Waals surface area contributed by atoms with Gasteiger partial charge in [-0.3, -0.25) is 10.2 Å². The fourth-order valence-corrected chi connectivity index (χ4v) is 3.33. The number of esters is 1. The lowest BCUT2D eigenvalue weighted by molar-refractivity contribution is -0.117. The lowest BCUT2D eigenvalue weighted by Gasteiger charge is -2.13. The molecule has 0 aliphatic carbocycles. The molecule has 0 spiro atoms. The predicted octanol–water partition coefficient (Wildman–Crippen LogP) is 3.77. The van der Waals surface area contributed by atoms with E-state index in [0.717, 1.165) is 24.8 Å². The number of hydrogen-bond acceptors (Lipinski definition) is 6. The molecule has 0 bridgehead atoms. The number of fused-ring (bicyclic) bond motifs is 1. The van der Waals surface area contributed by atoms with Crippen molar-refractivity contribution in [2.24, 2.45) is 16.5 Å². The summed E-state index contributed by atoms with van der Waals surface area (Å²) in [6, 6.07) is 15.1. The van der Waals surface area contributed by atoms with Crippen molar-refractivity contribution in [2.75, 3.05) is 6.54 Å². The van der Waals surface area contributed by atoms with Crippen molar-refractivity contribution in [2.45, 2.75) is 26.2 Å². The van der Waals surface area contributed by atoms with Crippen LogP contribution in [0.15, 0.2) is 59.6 Å². The van der Waals surface area contributed by atoms with E-state index in [9.17, 15) is 9.59 Å². The number of aliphatic imine (C=N–C) groups is 1. The summed E-state index contributed by atoms with van der Waals surface area (Å²) in [5.41, 5.74) is 19.0. The number of ether oxygens (including phenoxy) is 1. The number of benzene rings is 3. The zero-order chi connectivity index (χ0) is 24.5. The summed E-state index contributed by atoms with van der Waals surface area (Å²) in [5.74, 6) is -0.942. The minimum absolute atomic E-state index is 0. The molecule has 3 rings (SSSR count). The number of rotatable bonds is 11. The average Bonchev–Trinajstić information content (AvgIpc) is 2.82. The number of primary amides is 1. The van der Waals surface area contributed by atoms with Gasteiger partial charge in [0.25, 0.3) is 0 Å². The molecule has 0 aliphatic rings. The van der Waals surface area contributed by atoms with Crippen molar-refractivity contribution in [1.82, 2.24) is 10.9 Å². The maximum atomic E-state index is 12.8. The monoisotopic (exact) mass is 532 g/mol. The van der Waals surface area contributed by atoms with Crippen molar-refractivity contribution in [3.05, 3.63) is 71.3 Å². The van der Waals surface area contributed by atoms with Crippen LogP contribution in [0.2, 0.25) is 0 Å². The second kappa shape index (κ2) is 14.7. The predicted molar refractivity (Wildman–Crippen MR) is 148 cm³/mol. The Hall–Kier alpha value is -3.66. The maximum Gasteiger partial charge on any atom is 0.343 e. The van der Waals surface area contributed by atoms with Crippen molar-refractivity contribution in [1.29, 1.82) is 5.41 Å². The molecule has 3 aromatic carbocycles. The molecule has 1 amide bonds. The van der Waals surface area contributed by atoms with Crippen molar-refractivity contribution in [3.63, 3.8) is 0 Å². The number of nitrogens with two attached hydrogens (primary N) is 2. The first-order chi connectivity index (χ1) is 16.4. The largest absolute Gasteiger partial charge is 0.423 e. The second-order valence-electron chi connectivity index (χ2n) is 7.65. The molecule has 0 heterocycles. The first-order valence-corrected chi connectivity index (χ1v) is 10.9. The Kier molecular flexibility index (Phi) is 12.4. The van der Waals surface area contributed by atoms with E-state index in [0.29, 0.717) is 27.8 Å². The summed E-state index contributed by atoms with van der Waals surface area (Å²) in [6.45, 7) is 2.96. The standard InChI is InChI=1S/C25H28N6O3.2ClH/c1-2-3-12-30-31-15-29-19-8-4-16(5-9-19)25(33)34-22-11-7-17-13-18(24(27)28)6-10-20(17)21(22)14-23(26)32;;/h4-11,13,15,30H,2-3,12,14H2,1H3,(H2,26,32)(H3,27,28)(H,29,31);2*1H. The zero-order valence-electron chi connectivity index (χ0n) is 19.7. The topological polar surface area (TPSA) is 156 Å². The van der Waals surface area contributed by atoms with E-state index in [1.54, 1.807) is 60.9 Å². The maximum absolute atomic E-state index is 12.8. The molecule has 9 nitrogen and oxygen atoms in total. The van der Waals surface area contributed by atoms with Crippen molar-refractivity contribution < 1.29 is 14.3 Å². The van der Waals surface area contributed by atoms with E-state index < -0.39 is 11.9 Å². The number of carbonyl (C=O) groups excluding carboxylic acids is 2. The van der Waals surface area contributed by atoms with Crippen LogP contribution in [0.1, 0.15) is 41.3 Å². The van der Waals surface area contributed by atoms with Gasteiger partial charge in [-0.2, -0.15) is 0 Å². The third kappa shape index (κ3) is 8.23. The first-order valence-electron chi connectivity index (χ1n) is 10.9. The number of nitrogens with one attached hydrogen (secondary N) is 3. The molecule has 0 aliphatic heterocycles. The Bertz CT molecular complexity index is 1230. The van der Waals surface area contributed by atoms with Crippen LogP contribution in [0.25, 0.3) is 10.8 Å². The summed E-state index contributed by atoms with van der Waals surface area (Å²) in [5, 5.41) is 9.06. The molecule has 36 heavy (non-hydrogen) atoms. The van der Waals surface area contributed by atoms with Crippen LogP contribution in [0, 0.1) is 5.41 Å². The third-order valence-corrected chi connectivity index (χ3v) is 5.09. The third-order valence-electron chi connectivity index (χ3n) is 5.09. The van der Waals surface area contributed by atoms with Gasteiger partial charge >= 0.3 is 5.97 Å². The molecule has 3 aromatic rings. The number of nitrogens with zero attached hydrogens (tertiary/aromatic N) is 1. The number of unbranched alkanes of at least 4 members (excludes halogenated alkanes) is 1. The van der Waals surface area contributed by atoms with Crippen LogP contribution in [-0.4, -0.2) is 30.6 Å². The Morgan fingerprint density at radius 2 is 1.72 bits per heavy atom. The molecule has 0 aromatic heterocycles. The van der Waals surface area contributed by atoms with E-state index in [1.807, 2.05) is 0 Å². The number of hydrazine groups is 1. The van der Waals surface area contributed by atoms with Gasteiger partial charge in [-0.15, -0.1) is 24.8 Å². The highest BCUT2D eigenvalue weighted by Crippen LogP contribution is 2.30. The molecule has 0 saturated heterocycles. The smallest absolute Gasteiger partial charge is 0.343 e. The summed E-state index contributed by atoms with van der Waals surface area (Å²) in [7, 11) is 0. The first kappa shape index (κ1) is 30.4. The number of nitrogen functional groups attached to an aromatic ring is 1. The Morgan fingerprint density at radius 3 is 2.36 bits per heavy atom. The molecule has 0 fully saturated rings. The molecule has 0 atom stereocenters. The van der Waals surface area contributed by atoms with Crippen LogP contribution in [0.3, 0.4) is 0 Å². The molecular weight excluding hydrogens is 503 g/mol. The van der Waals surface area contributed by atoms with Crippen LogP contribution in [0.5, 0.6) is 5.75 Å². The van der Waals surface area contributed by atoms with E-state index in [4.69, 9.17) is 21.6 Å². The van der Waals surface area contributed by atoms with Gasteiger partial charge in [0.15, 0.2) is 0 Å². The summed E-state index contributed by atoms with van der Waals surface area (Å²) >= 11 is 0. The van der Waals surface area contributed by atoms with E-state index in [-0.39, 0.29) is 42.8 Å². The van der Waals surface area contributed by atoms with Crippen LogP contribution in [0.4, 0.5) is 5.69 Å². The quantitative estimate of drug-likeness (QED) is 0.0631. The van der Waals surface area contributed by atoms with Gasteiger partial charge in [-0.05, 0) is 53.6 Å². The lowest BCUT2D eigenvalue weighted by Crippen LogP contribution is -2.30. The fraction of sp³-hybridized carbons (Fsp3) is 0.200. The van der Waals surface area contributed by atoms with E-state index >= 15 is 0 Å². The van der Waals surface area contributed by atoms with E-state index in [2.05, 4.69) is 22.8 Å². The summed E-state index contributed by atoms with van der Waals surface area (Å²) < 4.78 is 5.62. The van der Waals surface area contributed by atoms with Gasteiger partial charge < -0.3 is 21.6 Å². The van der Waals surface area contributed by atoms with Gasteiger partial charge in [-0.1, -0.05) is 31.5 Å². The fourth-order valence-electron chi connectivity index (χ4n) is 3.33. The highest BCUT2D eigenvalue weighted by Gasteiger charge is 2.16. The minimum Gasteiger partial charge on any atom is -0.423 e. The Labute approximate surface area is 222 Å².